The number of aromatic carboxylic acids is 1. The Hall–Kier alpha value is -1.69. The molecule has 0 aliphatic heterocycles. The van der Waals surface area contributed by atoms with Crippen LogP contribution in [0.2, 0.25) is 0 Å². The van der Waals surface area contributed by atoms with E-state index in [-0.39, 0.29) is 17.7 Å². The maximum Gasteiger partial charge on any atom is 0.335 e. The van der Waals surface area contributed by atoms with Gasteiger partial charge in [-0.25, -0.2) is 17.6 Å². The summed E-state index contributed by atoms with van der Waals surface area (Å²) in [4.78, 5) is 10.1. The van der Waals surface area contributed by atoms with E-state index in [2.05, 4.69) is 6.58 Å². The normalized spacial score (nSPS) is 11.2. The van der Waals surface area contributed by atoms with E-state index in [1.807, 2.05) is 0 Å². The standard InChI is InChI=1S/C12H13FO4S/c1-8(2)5-6-18(16,17)11-7-9(12(14)15)3-4-10(11)13/h3-4,7H,1,5-6H2,2H3,(H,14,15). The molecule has 6 heteroatoms. The Kier molecular flexibility index (Phi) is 4.24. The first-order chi connectivity index (χ1) is 8.24. The smallest absolute Gasteiger partial charge is 0.335 e. The van der Waals surface area contributed by atoms with E-state index < -0.39 is 26.5 Å². The third kappa shape index (κ3) is 3.40. The molecule has 0 saturated heterocycles. The zero-order chi connectivity index (χ0) is 13.9. The summed E-state index contributed by atoms with van der Waals surface area (Å²) in [6.45, 7) is 5.23. The summed E-state index contributed by atoms with van der Waals surface area (Å²) in [5.74, 6) is -2.53. The zero-order valence-electron chi connectivity index (χ0n) is 9.81. The van der Waals surface area contributed by atoms with Gasteiger partial charge in [-0.1, -0.05) is 5.57 Å². The van der Waals surface area contributed by atoms with Gasteiger partial charge in [0.15, 0.2) is 9.84 Å². The minimum Gasteiger partial charge on any atom is -0.478 e. The average molecular weight is 272 g/mol. The van der Waals surface area contributed by atoms with Gasteiger partial charge in [0, 0.05) is 0 Å². The predicted octanol–water partition coefficient (Wildman–Crippen LogP) is 2.26. The van der Waals surface area contributed by atoms with Crippen LogP contribution in [0.25, 0.3) is 0 Å². The fraction of sp³-hybridized carbons (Fsp3) is 0.250. The number of hydrogen-bond acceptors (Lipinski definition) is 3. The van der Waals surface area contributed by atoms with Crippen LogP contribution in [-0.4, -0.2) is 25.2 Å². The number of halogens is 1. The monoisotopic (exact) mass is 272 g/mol. The van der Waals surface area contributed by atoms with Crippen LogP contribution in [0.4, 0.5) is 4.39 Å². The molecule has 0 aliphatic rings. The van der Waals surface area contributed by atoms with Crippen LogP contribution in [0, 0.1) is 5.82 Å². The summed E-state index contributed by atoms with van der Waals surface area (Å²) in [5, 5.41) is 8.75. The van der Waals surface area contributed by atoms with E-state index >= 15 is 0 Å². The molecule has 0 atom stereocenters. The van der Waals surface area contributed by atoms with Gasteiger partial charge in [-0.2, -0.15) is 0 Å². The van der Waals surface area contributed by atoms with E-state index in [0.717, 1.165) is 18.2 Å². The van der Waals surface area contributed by atoms with Gasteiger partial charge in [0.25, 0.3) is 0 Å². The van der Waals surface area contributed by atoms with Gasteiger partial charge in [-0.05, 0) is 31.5 Å². The number of carbonyl (C=O) groups is 1. The van der Waals surface area contributed by atoms with Crippen molar-refractivity contribution >= 4 is 15.8 Å². The zero-order valence-corrected chi connectivity index (χ0v) is 10.6. The lowest BCUT2D eigenvalue weighted by molar-refractivity contribution is 0.0696. The highest BCUT2D eigenvalue weighted by molar-refractivity contribution is 7.91. The number of carboxylic acids is 1. The van der Waals surface area contributed by atoms with Crippen molar-refractivity contribution in [2.75, 3.05) is 5.75 Å². The van der Waals surface area contributed by atoms with Gasteiger partial charge in [-0.15, -0.1) is 6.58 Å². The molecule has 0 heterocycles. The minimum atomic E-state index is -3.84. The third-order valence-corrected chi connectivity index (χ3v) is 4.04. The van der Waals surface area contributed by atoms with Crippen molar-refractivity contribution < 1.29 is 22.7 Å². The average Bonchev–Trinajstić information content (AvgIpc) is 2.26. The Bertz CT molecular complexity index is 590. The lowest BCUT2D eigenvalue weighted by Gasteiger charge is -2.06. The van der Waals surface area contributed by atoms with Gasteiger partial charge in [0.2, 0.25) is 0 Å². The van der Waals surface area contributed by atoms with Gasteiger partial charge in [-0.3, -0.25) is 0 Å². The van der Waals surface area contributed by atoms with E-state index in [1.165, 1.54) is 0 Å². The molecule has 0 amide bonds. The van der Waals surface area contributed by atoms with Crippen LogP contribution in [0.1, 0.15) is 23.7 Å². The first kappa shape index (κ1) is 14.4. The second-order valence-corrected chi connectivity index (χ2v) is 6.05. The van der Waals surface area contributed by atoms with E-state index in [1.54, 1.807) is 6.92 Å². The van der Waals surface area contributed by atoms with Crippen molar-refractivity contribution in [2.45, 2.75) is 18.2 Å². The van der Waals surface area contributed by atoms with Crippen LogP contribution < -0.4 is 0 Å². The van der Waals surface area contributed by atoms with Crippen LogP contribution in [0.5, 0.6) is 0 Å². The van der Waals surface area contributed by atoms with Crippen LogP contribution in [0.3, 0.4) is 0 Å². The molecular weight excluding hydrogens is 259 g/mol. The largest absolute Gasteiger partial charge is 0.478 e. The molecular formula is C12H13FO4S. The highest BCUT2D eigenvalue weighted by Gasteiger charge is 2.20. The van der Waals surface area contributed by atoms with Gasteiger partial charge < -0.3 is 5.11 Å². The maximum absolute atomic E-state index is 13.5. The number of hydrogen-bond donors (Lipinski definition) is 1. The van der Waals surface area contributed by atoms with Crippen molar-refractivity contribution in [1.82, 2.24) is 0 Å². The molecule has 0 saturated carbocycles. The quantitative estimate of drug-likeness (QED) is 0.835. The first-order valence-electron chi connectivity index (χ1n) is 5.14. The highest BCUT2D eigenvalue weighted by atomic mass is 32.2. The molecule has 0 aromatic heterocycles. The summed E-state index contributed by atoms with van der Waals surface area (Å²) in [7, 11) is -3.84. The van der Waals surface area contributed by atoms with E-state index in [9.17, 15) is 17.6 Å². The Morgan fingerprint density at radius 2 is 2.06 bits per heavy atom. The Balaban J connectivity index is 3.18. The molecule has 18 heavy (non-hydrogen) atoms. The summed E-state index contributed by atoms with van der Waals surface area (Å²) >= 11 is 0. The molecule has 0 unspecified atom stereocenters. The molecule has 1 N–H and O–H groups in total. The Morgan fingerprint density at radius 1 is 1.44 bits per heavy atom. The van der Waals surface area contributed by atoms with Crippen LogP contribution in [-0.2, 0) is 9.84 Å². The minimum absolute atomic E-state index is 0.207. The molecule has 0 spiro atoms. The van der Waals surface area contributed by atoms with E-state index in [4.69, 9.17) is 5.11 Å². The lowest BCUT2D eigenvalue weighted by Crippen LogP contribution is -2.11. The number of sulfone groups is 1. The van der Waals surface area contributed by atoms with Crippen molar-refractivity contribution in [2.24, 2.45) is 0 Å². The van der Waals surface area contributed by atoms with Crippen molar-refractivity contribution in [1.29, 1.82) is 0 Å². The number of benzene rings is 1. The fourth-order valence-electron chi connectivity index (χ4n) is 1.29. The maximum atomic E-state index is 13.5. The fourth-order valence-corrected chi connectivity index (χ4v) is 2.80. The molecule has 0 bridgehead atoms. The summed E-state index contributed by atoms with van der Waals surface area (Å²) < 4.78 is 37.2. The van der Waals surface area contributed by atoms with Crippen molar-refractivity contribution in [3.8, 4) is 0 Å². The van der Waals surface area contributed by atoms with Gasteiger partial charge >= 0.3 is 5.97 Å². The Labute approximate surface area is 105 Å². The topological polar surface area (TPSA) is 71.4 Å². The molecule has 1 aromatic rings. The van der Waals surface area contributed by atoms with Crippen LogP contribution >= 0.6 is 0 Å². The third-order valence-electron chi connectivity index (χ3n) is 2.31. The van der Waals surface area contributed by atoms with Gasteiger partial charge in [0.05, 0.1) is 11.3 Å². The summed E-state index contributed by atoms with van der Waals surface area (Å²) in [6.07, 6.45) is 0.207. The number of allylic oxidation sites excluding steroid dienone is 1. The highest BCUT2D eigenvalue weighted by Crippen LogP contribution is 2.19. The molecule has 0 aliphatic carbocycles. The second-order valence-electron chi connectivity index (χ2n) is 3.98. The van der Waals surface area contributed by atoms with Crippen molar-refractivity contribution in [3.63, 3.8) is 0 Å². The first-order valence-corrected chi connectivity index (χ1v) is 6.79. The molecule has 1 aromatic carbocycles. The summed E-state index contributed by atoms with van der Waals surface area (Å²) in [5.41, 5.74) is 0.402. The molecule has 0 fully saturated rings. The molecule has 98 valence electrons. The number of rotatable bonds is 5. The van der Waals surface area contributed by atoms with E-state index in [0.29, 0.717) is 5.57 Å². The molecule has 4 nitrogen and oxygen atoms in total. The summed E-state index contributed by atoms with van der Waals surface area (Å²) in [6, 6.07) is 2.71. The van der Waals surface area contributed by atoms with Crippen LogP contribution in [0.15, 0.2) is 35.2 Å². The molecule has 0 radical (unpaired) electrons. The lowest BCUT2D eigenvalue weighted by atomic mass is 10.2. The van der Waals surface area contributed by atoms with Crippen molar-refractivity contribution in [3.05, 3.63) is 41.7 Å². The number of carboxylic acid groups (broad SMARTS) is 1. The second kappa shape index (κ2) is 5.30. The SMILES string of the molecule is C=C(C)CCS(=O)(=O)c1cc(C(=O)O)ccc1F. The predicted molar refractivity (Wildman–Crippen MR) is 64.8 cm³/mol. The Morgan fingerprint density at radius 3 is 2.56 bits per heavy atom. The van der Waals surface area contributed by atoms with Gasteiger partial charge in [0.1, 0.15) is 10.7 Å². The molecule has 1 rings (SSSR count).